The number of para-hydroxylation sites is 1. The molecule has 0 radical (unpaired) electrons. The highest BCUT2D eigenvalue weighted by Gasteiger charge is 2.25. The van der Waals surface area contributed by atoms with Crippen LogP contribution in [0.1, 0.15) is 31.2 Å². The maximum Gasteiger partial charge on any atom is 0.232 e. The van der Waals surface area contributed by atoms with E-state index in [0.717, 1.165) is 5.56 Å². The number of oxazole rings is 1. The highest BCUT2D eigenvalue weighted by molar-refractivity contribution is 6.01. The first-order valence-corrected chi connectivity index (χ1v) is 7.88. The second-order valence-electron chi connectivity index (χ2n) is 6.15. The van der Waals surface area contributed by atoms with Crippen molar-refractivity contribution in [2.24, 2.45) is 5.92 Å². The van der Waals surface area contributed by atoms with E-state index in [1.165, 1.54) is 12.1 Å². The quantitative estimate of drug-likeness (QED) is 0.759. The fourth-order valence-electron chi connectivity index (χ4n) is 2.88. The third-order valence-corrected chi connectivity index (χ3v) is 3.96. The Hall–Kier alpha value is -2.69. The zero-order valence-electron chi connectivity index (χ0n) is 13.8. The Morgan fingerprint density at radius 2 is 1.88 bits per heavy atom. The molecule has 0 saturated carbocycles. The lowest BCUT2D eigenvalue weighted by Crippen LogP contribution is -2.25. The maximum absolute atomic E-state index is 13.2. The summed E-state index contributed by atoms with van der Waals surface area (Å²) in [5.74, 6) is -0.247. The Morgan fingerprint density at radius 1 is 1.17 bits per heavy atom. The number of benzene rings is 2. The van der Waals surface area contributed by atoms with E-state index in [-0.39, 0.29) is 23.6 Å². The number of carbonyl (C=O) groups is 1. The largest absolute Gasteiger partial charge is 0.439 e. The van der Waals surface area contributed by atoms with Gasteiger partial charge in [-0.05, 0) is 35.7 Å². The topological polar surface area (TPSA) is 55.1 Å². The van der Waals surface area contributed by atoms with Crippen molar-refractivity contribution in [3.05, 3.63) is 59.7 Å². The number of carbonyl (C=O) groups excluding carboxylic acids is 1. The normalized spacial score (nSPS) is 12.5. The Morgan fingerprint density at radius 3 is 2.54 bits per heavy atom. The van der Waals surface area contributed by atoms with Crippen LogP contribution in [0.4, 0.5) is 10.1 Å². The minimum atomic E-state index is -0.384. The van der Waals surface area contributed by atoms with Crippen LogP contribution in [0.2, 0.25) is 0 Å². The fraction of sp³-hybridized carbons (Fsp3) is 0.263. The molecule has 1 unspecified atom stereocenters. The van der Waals surface area contributed by atoms with Crippen molar-refractivity contribution < 1.29 is 13.6 Å². The summed E-state index contributed by atoms with van der Waals surface area (Å²) in [6.07, 6.45) is 0. The number of nitrogens with zero attached hydrogens (tertiary/aromatic N) is 1. The monoisotopic (exact) mass is 326 g/mol. The van der Waals surface area contributed by atoms with Crippen molar-refractivity contribution >= 4 is 22.7 Å². The SMILES string of the molecule is Cc1nc2cccc(NC(=O)C(c3ccc(F)cc3)C(C)C)c2o1. The van der Waals surface area contributed by atoms with Crippen LogP contribution in [0.15, 0.2) is 46.9 Å². The molecular weight excluding hydrogens is 307 g/mol. The molecule has 1 N–H and O–H groups in total. The zero-order chi connectivity index (χ0) is 17.3. The van der Waals surface area contributed by atoms with E-state index in [1.54, 1.807) is 25.1 Å². The van der Waals surface area contributed by atoms with E-state index < -0.39 is 0 Å². The lowest BCUT2D eigenvalue weighted by atomic mass is 9.87. The van der Waals surface area contributed by atoms with Crippen LogP contribution in [-0.2, 0) is 4.79 Å². The average Bonchev–Trinajstić information content (AvgIpc) is 2.90. The third kappa shape index (κ3) is 3.15. The van der Waals surface area contributed by atoms with Crippen LogP contribution >= 0.6 is 0 Å². The van der Waals surface area contributed by atoms with E-state index in [4.69, 9.17) is 4.42 Å². The number of hydrogen-bond acceptors (Lipinski definition) is 3. The summed E-state index contributed by atoms with van der Waals surface area (Å²) in [6, 6.07) is 11.5. The van der Waals surface area contributed by atoms with E-state index >= 15 is 0 Å². The molecule has 124 valence electrons. The van der Waals surface area contributed by atoms with Crippen molar-refractivity contribution in [2.45, 2.75) is 26.7 Å². The summed E-state index contributed by atoms with van der Waals surface area (Å²) in [5, 5.41) is 2.93. The molecule has 1 aromatic heterocycles. The van der Waals surface area contributed by atoms with Crippen molar-refractivity contribution in [3.63, 3.8) is 0 Å². The number of aryl methyl sites for hydroxylation is 1. The number of nitrogens with one attached hydrogen (secondary N) is 1. The van der Waals surface area contributed by atoms with Crippen LogP contribution in [-0.4, -0.2) is 10.9 Å². The maximum atomic E-state index is 13.2. The highest BCUT2D eigenvalue weighted by Crippen LogP contribution is 2.29. The van der Waals surface area contributed by atoms with Gasteiger partial charge >= 0.3 is 0 Å². The van der Waals surface area contributed by atoms with E-state index in [9.17, 15) is 9.18 Å². The molecule has 1 amide bonds. The van der Waals surface area contributed by atoms with Gasteiger partial charge in [0.15, 0.2) is 11.5 Å². The third-order valence-electron chi connectivity index (χ3n) is 3.96. The number of amides is 1. The fourth-order valence-corrected chi connectivity index (χ4v) is 2.88. The van der Waals surface area contributed by atoms with Crippen molar-refractivity contribution in [2.75, 3.05) is 5.32 Å². The van der Waals surface area contributed by atoms with Crippen molar-refractivity contribution in [1.82, 2.24) is 4.98 Å². The number of hydrogen-bond donors (Lipinski definition) is 1. The zero-order valence-corrected chi connectivity index (χ0v) is 13.8. The molecule has 5 heteroatoms. The molecule has 0 saturated heterocycles. The van der Waals surface area contributed by atoms with Gasteiger partial charge in [0.2, 0.25) is 5.91 Å². The van der Waals surface area contributed by atoms with Crippen LogP contribution in [0, 0.1) is 18.7 Å². The highest BCUT2D eigenvalue weighted by atomic mass is 19.1. The second kappa shape index (κ2) is 6.43. The summed E-state index contributed by atoms with van der Waals surface area (Å²) >= 11 is 0. The van der Waals surface area contributed by atoms with Gasteiger partial charge in [0.25, 0.3) is 0 Å². The summed E-state index contributed by atoms with van der Waals surface area (Å²) in [4.78, 5) is 17.1. The molecule has 3 aromatic rings. The van der Waals surface area contributed by atoms with Crippen LogP contribution < -0.4 is 5.32 Å². The first-order valence-electron chi connectivity index (χ1n) is 7.88. The molecule has 0 aliphatic heterocycles. The smallest absolute Gasteiger partial charge is 0.232 e. The molecule has 2 aromatic carbocycles. The van der Waals surface area contributed by atoms with Crippen LogP contribution in [0.3, 0.4) is 0 Å². The molecule has 0 aliphatic carbocycles. The summed E-state index contributed by atoms with van der Waals surface area (Å²) in [7, 11) is 0. The molecule has 1 atom stereocenters. The summed E-state index contributed by atoms with van der Waals surface area (Å²) in [6.45, 7) is 5.70. The van der Waals surface area contributed by atoms with Crippen LogP contribution in [0.25, 0.3) is 11.1 Å². The molecule has 4 nitrogen and oxygen atoms in total. The first kappa shape index (κ1) is 16.2. The standard InChI is InChI=1S/C19H19FN2O2/c1-11(2)17(13-7-9-14(20)10-8-13)19(23)22-16-6-4-5-15-18(16)24-12(3)21-15/h4-11,17H,1-3H3,(H,22,23). The number of fused-ring (bicyclic) bond motifs is 1. The van der Waals surface area contributed by atoms with Gasteiger partial charge in [-0.25, -0.2) is 9.37 Å². The van der Waals surface area contributed by atoms with Gasteiger partial charge in [0.1, 0.15) is 11.3 Å². The molecule has 0 spiro atoms. The number of halogens is 1. The molecular formula is C19H19FN2O2. The first-order chi connectivity index (χ1) is 11.5. The number of anilines is 1. The second-order valence-corrected chi connectivity index (χ2v) is 6.15. The lowest BCUT2D eigenvalue weighted by Gasteiger charge is -2.20. The number of rotatable bonds is 4. The lowest BCUT2D eigenvalue weighted by molar-refractivity contribution is -0.118. The van der Waals surface area contributed by atoms with Crippen molar-refractivity contribution in [3.8, 4) is 0 Å². The molecule has 3 rings (SSSR count). The van der Waals surface area contributed by atoms with E-state index in [2.05, 4.69) is 10.3 Å². The van der Waals surface area contributed by atoms with Gasteiger partial charge in [-0.15, -0.1) is 0 Å². The van der Waals surface area contributed by atoms with Gasteiger partial charge in [0.05, 0.1) is 11.6 Å². The predicted molar refractivity (Wildman–Crippen MR) is 91.4 cm³/mol. The summed E-state index contributed by atoms with van der Waals surface area (Å²) < 4.78 is 18.7. The molecule has 0 aliphatic rings. The number of aromatic nitrogens is 1. The Balaban J connectivity index is 1.92. The van der Waals surface area contributed by atoms with Gasteiger partial charge < -0.3 is 9.73 Å². The minimum Gasteiger partial charge on any atom is -0.439 e. The summed E-state index contributed by atoms with van der Waals surface area (Å²) in [5.41, 5.74) is 2.63. The van der Waals surface area contributed by atoms with Gasteiger partial charge in [-0.1, -0.05) is 32.0 Å². The molecule has 0 bridgehead atoms. The van der Waals surface area contributed by atoms with E-state index in [1.807, 2.05) is 26.0 Å². The molecule has 24 heavy (non-hydrogen) atoms. The molecule has 1 heterocycles. The van der Waals surface area contributed by atoms with Gasteiger partial charge in [-0.3, -0.25) is 4.79 Å². The van der Waals surface area contributed by atoms with Crippen LogP contribution in [0.5, 0.6) is 0 Å². The van der Waals surface area contributed by atoms with Crippen molar-refractivity contribution in [1.29, 1.82) is 0 Å². The molecule has 0 fully saturated rings. The Labute approximate surface area is 139 Å². The minimum absolute atomic E-state index is 0.0612. The van der Waals surface area contributed by atoms with Gasteiger partial charge in [0, 0.05) is 6.92 Å². The van der Waals surface area contributed by atoms with E-state index in [0.29, 0.717) is 22.7 Å². The predicted octanol–water partition coefficient (Wildman–Crippen LogP) is 4.65. The van der Waals surface area contributed by atoms with Gasteiger partial charge in [-0.2, -0.15) is 0 Å². The Kier molecular flexibility index (Phi) is 4.34. The average molecular weight is 326 g/mol. The Bertz CT molecular complexity index is 869.